The van der Waals surface area contributed by atoms with Gasteiger partial charge in [0.2, 0.25) is 5.91 Å². The van der Waals surface area contributed by atoms with Crippen LogP contribution in [0.15, 0.2) is 30.3 Å². The molecular weight excluding hydrogens is 258 g/mol. The van der Waals surface area contributed by atoms with E-state index in [2.05, 4.69) is 5.32 Å². The van der Waals surface area contributed by atoms with Gasteiger partial charge in [0, 0.05) is 6.92 Å². The molecule has 0 saturated heterocycles. The first-order valence-corrected chi connectivity index (χ1v) is 6.75. The normalized spacial score (nSPS) is 11.5. The summed E-state index contributed by atoms with van der Waals surface area (Å²) >= 11 is 0. The van der Waals surface area contributed by atoms with Crippen molar-refractivity contribution in [2.75, 3.05) is 13.2 Å². The minimum absolute atomic E-state index is 0.243. The third kappa shape index (κ3) is 6.22. The Morgan fingerprint density at radius 3 is 2.55 bits per heavy atom. The van der Waals surface area contributed by atoms with Crippen LogP contribution in [-0.4, -0.2) is 31.1 Å². The maximum Gasteiger partial charge on any atom is 0.328 e. The van der Waals surface area contributed by atoms with Gasteiger partial charge in [0.05, 0.1) is 13.2 Å². The maximum atomic E-state index is 11.7. The minimum atomic E-state index is -0.605. The van der Waals surface area contributed by atoms with Gasteiger partial charge in [-0.05, 0) is 31.9 Å². The van der Waals surface area contributed by atoms with Crippen molar-refractivity contribution in [3.05, 3.63) is 30.3 Å². The van der Waals surface area contributed by atoms with Crippen LogP contribution in [0.5, 0.6) is 5.75 Å². The molecule has 0 aliphatic rings. The molecule has 1 amide bonds. The molecular formula is C15H21NO4. The van der Waals surface area contributed by atoms with Gasteiger partial charge in [0.15, 0.2) is 0 Å². The number of benzene rings is 1. The Kier molecular flexibility index (Phi) is 7.17. The number of nitrogens with one attached hydrogen (secondary N) is 1. The number of hydrogen-bond donors (Lipinski definition) is 1. The second-order valence-corrected chi connectivity index (χ2v) is 4.31. The fraction of sp³-hybridized carbons (Fsp3) is 0.467. The molecule has 1 rings (SSSR count). The molecule has 0 fully saturated rings. The molecule has 0 radical (unpaired) electrons. The molecule has 0 saturated carbocycles. The fourth-order valence-electron chi connectivity index (χ4n) is 1.73. The van der Waals surface area contributed by atoms with Crippen molar-refractivity contribution in [3.63, 3.8) is 0 Å². The highest BCUT2D eigenvalue weighted by Gasteiger charge is 2.20. The number of amides is 1. The highest BCUT2D eigenvalue weighted by Crippen LogP contribution is 2.09. The Hall–Kier alpha value is -2.04. The Morgan fingerprint density at radius 1 is 1.25 bits per heavy atom. The van der Waals surface area contributed by atoms with Gasteiger partial charge in [-0.3, -0.25) is 4.79 Å². The molecule has 1 N–H and O–H groups in total. The smallest absolute Gasteiger partial charge is 0.328 e. The van der Waals surface area contributed by atoms with E-state index < -0.39 is 12.0 Å². The summed E-state index contributed by atoms with van der Waals surface area (Å²) in [5.74, 6) is 0.147. The third-order valence-corrected chi connectivity index (χ3v) is 2.60. The van der Waals surface area contributed by atoms with E-state index in [1.165, 1.54) is 6.92 Å². The average molecular weight is 279 g/mol. The number of para-hydroxylation sites is 1. The molecule has 20 heavy (non-hydrogen) atoms. The summed E-state index contributed by atoms with van der Waals surface area (Å²) < 4.78 is 10.5. The van der Waals surface area contributed by atoms with Crippen molar-refractivity contribution in [3.8, 4) is 5.75 Å². The molecule has 0 aliphatic heterocycles. The molecule has 1 unspecified atom stereocenters. The summed E-state index contributed by atoms with van der Waals surface area (Å²) in [6.45, 7) is 3.91. The van der Waals surface area contributed by atoms with Crippen molar-refractivity contribution in [1.82, 2.24) is 5.32 Å². The van der Waals surface area contributed by atoms with Gasteiger partial charge in [0.25, 0.3) is 0 Å². The molecule has 1 aromatic rings. The first-order valence-electron chi connectivity index (χ1n) is 6.75. The van der Waals surface area contributed by atoms with Crippen LogP contribution in [0.2, 0.25) is 0 Å². The van der Waals surface area contributed by atoms with Crippen LogP contribution in [0.4, 0.5) is 0 Å². The van der Waals surface area contributed by atoms with E-state index >= 15 is 0 Å². The number of hydrogen-bond acceptors (Lipinski definition) is 4. The van der Waals surface area contributed by atoms with Gasteiger partial charge >= 0.3 is 5.97 Å². The van der Waals surface area contributed by atoms with Crippen molar-refractivity contribution in [2.45, 2.75) is 32.7 Å². The van der Waals surface area contributed by atoms with Crippen LogP contribution in [0.3, 0.4) is 0 Å². The lowest BCUT2D eigenvalue weighted by Crippen LogP contribution is -2.41. The predicted molar refractivity (Wildman–Crippen MR) is 75.4 cm³/mol. The first kappa shape index (κ1) is 16.0. The van der Waals surface area contributed by atoms with E-state index in [1.54, 1.807) is 6.92 Å². The molecule has 0 aromatic heterocycles. The largest absolute Gasteiger partial charge is 0.494 e. The molecule has 0 bridgehead atoms. The standard InChI is InChI=1S/C15H21NO4/c1-3-19-15(18)14(16-12(2)17)10-7-11-20-13-8-5-4-6-9-13/h4-6,8-9,14H,3,7,10-11H2,1-2H3,(H,16,17). The molecule has 0 spiro atoms. The van der Waals surface area contributed by atoms with E-state index in [-0.39, 0.29) is 5.91 Å². The lowest BCUT2D eigenvalue weighted by molar-refractivity contribution is -0.147. The summed E-state index contributed by atoms with van der Waals surface area (Å²) in [7, 11) is 0. The van der Waals surface area contributed by atoms with Crippen LogP contribution in [0.25, 0.3) is 0 Å². The van der Waals surface area contributed by atoms with Crippen molar-refractivity contribution in [2.24, 2.45) is 0 Å². The highest BCUT2D eigenvalue weighted by molar-refractivity contribution is 5.83. The van der Waals surface area contributed by atoms with Crippen molar-refractivity contribution in [1.29, 1.82) is 0 Å². The number of carbonyl (C=O) groups excluding carboxylic acids is 2. The predicted octanol–water partition coefficient (Wildman–Crippen LogP) is 1.91. The molecule has 1 atom stereocenters. The van der Waals surface area contributed by atoms with Crippen LogP contribution in [0.1, 0.15) is 26.7 Å². The van der Waals surface area contributed by atoms with Gasteiger partial charge in [0.1, 0.15) is 11.8 Å². The lowest BCUT2D eigenvalue weighted by Gasteiger charge is -2.16. The average Bonchev–Trinajstić information content (AvgIpc) is 2.43. The van der Waals surface area contributed by atoms with E-state index in [0.717, 1.165) is 5.75 Å². The van der Waals surface area contributed by atoms with Gasteiger partial charge in [-0.1, -0.05) is 18.2 Å². The molecule has 110 valence electrons. The lowest BCUT2D eigenvalue weighted by atomic mass is 10.1. The third-order valence-electron chi connectivity index (χ3n) is 2.60. The highest BCUT2D eigenvalue weighted by atomic mass is 16.5. The second kappa shape index (κ2) is 8.96. The number of ether oxygens (including phenoxy) is 2. The summed E-state index contributed by atoms with van der Waals surface area (Å²) in [6, 6.07) is 8.85. The molecule has 0 aliphatic carbocycles. The first-order chi connectivity index (χ1) is 9.63. The minimum Gasteiger partial charge on any atom is -0.494 e. The van der Waals surface area contributed by atoms with Crippen LogP contribution < -0.4 is 10.1 Å². The van der Waals surface area contributed by atoms with Crippen molar-refractivity contribution >= 4 is 11.9 Å². The van der Waals surface area contributed by atoms with Gasteiger partial charge in [-0.15, -0.1) is 0 Å². The van der Waals surface area contributed by atoms with Crippen LogP contribution in [-0.2, 0) is 14.3 Å². The zero-order valence-electron chi connectivity index (χ0n) is 11.9. The van der Waals surface area contributed by atoms with E-state index in [1.807, 2.05) is 30.3 Å². The maximum absolute atomic E-state index is 11.7. The molecule has 5 nitrogen and oxygen atoms in total. The zero-order chi connectivity index (χ0) is 14.8. The van der Waals surface area contributed by atoms with Crippen molar-refractivity contribution < 1.29 is 19.1 Å². The zero-order valence-corrected chi connectivity index (χ0v) is 11.9. The van der Waals surface area contributed by atoms with E-state index in [4.69, 9.17) is 9.47 Å². The summed E-state index contributed by atoms with van der Waals surface area (Å²) in [6.07, 6.45) is 1.14. The number of esters is 1. The summed E-state index contributed by atoms with van der Waals surface area (Å²) in [4.78, 5) is 22.7. The Morgan fingerprint density at radius 2 is 1.95 bits per heavy atom. The Labute approximate surface area is 119 Å². The number of rotatable bonds is 8. The van der Waals surface area contributed by atoms with Gasteiger partial charge in [-0.2, -0.15) is 0 Å². The molecule has 1 aromatic carbocycles. The van der Waals surface area contributed by atoms with E-state index in [9.17, 15) is 9.59 Å². The van der Waals surface area contributed by atoms with Gasteiger partial charge in [-0.25, -0.2) is 4.79 Å². The van der Waals surface area contributed by atoms with Crippen LogP contribution in [0, 0.1) is 0 Å². The Balaban J connectivity index is 2.34. The van der Waals surface area contributed by atoms with E-state index in [0.29, 0.717) is 26.1 Å². The molecule has 0 heterocycles. The topological polar surface area (TPSA) is 64.6 Å². The Bertz CT molecular complexity index is 419. The fourth-order valence-corrected chi connectivity index (χ4v) is 1.73. The number of carbonyl (C=O) groups is 2. The monoisotopic (exact) mass is 279 g/mol. The molecule has 5 heteroatoms. The van der Waals surface area contributed by atoms with Crippen LogP contribution >= 0.6 is 0 Å². The SMILES string of the molecule is CCOC(=O)C(CCCOc1ccccc1)NC(C)=O. The second-order valence-electron chi connectivity index (χ2n) is 4.31. The quantitative estimate of drug-likeness (QED) is 0.583. The van der Waals surface area contributed by atoms with Gasteiger partial charge < -0.3 is 14.8 Å². The summed E-state index contributed by atoms with van der Waals surface area (Å²) in [5, 5.41) is 2.59. The summed E-state index contributed by atoms with van der Waals surface area (Å²) in [5.41, 5.74) is 0.